The molecule has 0 aliphatic carbocycles. The van der Waals surface area contributed by atoms with Gasteiger partial charge in [0.25, 0.3) is 5.91 Å². The lowest BCUT2D eigenvalue weighted by atomic mass is 10.1. The number of benzene rings is 1. The molecule has 4 nitrogen and oxygen atoms in total. The van der Waals surface area contributed by atoms with Crippen LogP contribution in [0.1, 0.15) is 25.0 Å². The maximum Gasteiger partial charge on any atom is 0.256 e. The van der Waals surface area contributed by atoms with Crippen LogP contribution in [0, 0.1) is 5.92 Å². The molecular formula is C14H19NO3. The molecule has 1 aromatic rings. The molecule has 4 heteroatoms. The van der Waals surface area contributed by atoms with Gasteiger partial charge in [0.05, 0.1) is 7.11 Å². The predicted molar refractivity (Wildman–Crippen MR) is 68.3 cm³/mol. The highest BCUT2D eigenvalue weighted by molar-refractivity contribution is 5.82. The topological polar surface area (TPSA) is 49.8 Å². The summed E-state index contributed by atoms with van der Waals surface area (Å²) in [5, 5.41) is 10.1. The number of carbonyl (C=O) groups excluding carboxylic acids is 1. The van der Waals surface area contributed by atoms with Gasteiger partial charge in [-0.05, 0) is 30.0 Å². The van der Waals surface area contributed by atoms with Crippen molar-refractivity contribution in [2.45, 2.75) is 19.4 Å². The van der Waals surface area contributed by atoms with Gasteiger partial charge in [-0.25, -0.2) is 0 Å². The first-order valence-electron chi connectivity index (χ1n) is 6.22. The summed E-state index contributed by atoms with van der Waals surface area (Å²) in [6, 6.07) is 7.00. The molecule has 98 valence electrons. The van der Waals surface area contributed by atoms with Gasteiger partial charge in [0.15, 0.2) is 6.10 Å². The van der Waals surface area contributed by atoms with Crippen molar-refractivity contribution in [2.75, 3.05) is 20.2 Å². The Morgan fingerprint density at radius 2 is 2.33 bits per heavy atom. The van der Waals surface area contributed by atoms with Crippen molar-refractivity contribution in [3.8, 4) is 5.75 Å². The Kier molecular flexibility index (Phi) is 3.87. The first-order valence-corrected chi connectivity index (χ1v) is 6.22. The van der Waals surface area contributed by atoms with Gasteiger partial charge >= 0.3 is 0 Å². The van der Waals surface area contributed by atoms with Crippen molar-refractivity contribution >= 4 is 5.91 Å². The summed E-state index contributed by atoms with van der Waals surface area (Å²) in [7, 11) is 1.56. The average molecular weight is 249 g/mol. The Hall–Kier alpha value is -1.55. The van der Waals surface area contributed by atoms with Crippen LogP contribution in [-0.2, 0) is 4.79 Å². The molecule has 1 aliphatic heterocycles. The van der Waals surface area contributed by atoms with Gasteiger partial charge in [0, 0.05) is 13.1 Å². The van der Waals surface area contributed by atoms with Crippen molar-refractivity contribution in [3.05, 3.63) is 29.8 Å². The number of aliphatic hydroxyl groups is 1. The highest BCUT2D eigenvalue weighted by Gasteiger charge is 2.28. The number of carbonyl (C=O) groups is 1. The standard InChI is InChI=1S/C14H19NO3/c1-10-6-7-15(9-10)14(17)13(16)11-4-3-5-12(8-11)18-2/h3-5,8,10,13,16H,6-7,9H2,1-2H3. The van der Waals surface area contributed by atoms with Gasteiger partial charge in [-0.2, -0.15) is 0 Å². The summed E-state index contributed by atoms with van der Waals surface area (Å²) >= 11 is 0. The lowest BCUT2D eigenvalue weighted by Gasteiger charge is -2.20. The zero-order valence-electron chi connectivity index (χ0n) is 10.8. The summed E-state index contributed by atoms with van der Waals surface area (Å²) in [6.45, 7) is 3.59. The fourth-order valence-corrected chi connectivity index (χ4v) is 2.26. The molecule has 0 saturated carbocycles. The molecule has 1 amide bonds. The van der Waals surface area contributed by atoms with Gasteiger partial charge in [-0.3, -0.25) is 4.79 Å². The number of rotatable bonds is 3. The first kappa shape index (κ1) is 12.9. The van der Waals surface area contributed by atoms with E-state index in [0.29, 0.717) is 17.2 Å². The molecule has 2 rings (SSSR count). The maximum atomic E-state index is 12.1. The van der Waals surface area contributed by atoms with E-state index in [0.717, 1.165) is 19.5 Å². The normalized spacial score (nSPS) is 20.8. The quantitative estimate of drug-likeness (QED) is 0.885. The van der Waals surface area contributed by atoms with E-state index in [2.05, 4.69) is 6.92 Å². The van der Waals surface area contributed by atoms with E-state index in [1.807, 2.05) is 0 Å². The lowest BCUT2D eigenvalue weighted by Crippen LogP contribution is -2.33. The van der Waals surface area contributed by atoms with Gasteiger partial charge in [-0.1, -0.05) is 19.1 Å². The van der Waals surface area contributed by atoms with E-state index in [-0.39, 0.29) is 5.91 Å². The molecule has 0 radical (unpaired) electrons. The van der Waals surface area contributed by atoms with Gasteiger partial charge in [0.2, 0.25) is 0 Å². The van der Waals surface area contributed by atoms with Gasteiger partial charge in [0.1, 0.15) is 5.75 Å². The Balaban J connectivity index is 2.10. The maximum absolute atomic E-state index is 12.1. The fourth-order valence-electron chi connectivity index (χ4n) is 2.26. The van der Waals surface area contributed by atoms with Crippen molar-refractivity contribution in [2.24, 2.45) is 5.92 Å². The van der Waals surface area contributed by atoms with Crippen LogP contribution in [0.25, 0.3) is 0 Å². The highest BCUT2D eigenvalue weighted by Crippen LogP contribution is 2.24. The molecule has 1 fully saturated rings. The van der Waals surface area contributed by atoms with Crippen LogP contribution in [0.3, 0.4) is 0 Å². The third-order valence-electron chi connectivity index (χ3n) is 3.38. The molecule has 1 heterocycles. The van der Waals surface area contributed by atoms with Gasteiger partial charge in [-0.15, -0.1) is 0 Å². The Labute approximate surface area is 107 Å². The number of aliphatic hydroxyl groups excluding tert-OH is 1. The fraction of sp³-hybridized carbons (Fsp3) is 0.500. The number of likely N-dealkylation sites (tertiary alicyclic amines) is 1. The minimum Gasteiger partial charge on any atom is -0.497 e. The molecule has 1 saturated heterocycles. The summed E-state index contributed by atoms with van der Waals surface area (Å²) in [5.41, 5.74) is 0.582. The van der Waals surface area contributed by atoms with Gasteiger partial charge < -0.3 is 14.7 Å². The van der Waals surface area contributed by atoms with Crippen LogP contribution in [-0.4, -0.2) is 36.1 Å². The number of hydrogen-bond acceptors (Lipinski definition) is 3. The van der Waals surface area contributed by atoms with E-state index in [1.165, 1.54) is 0 Å². The van der Waals surface area contributed by atoms with E-state index in [9.17, 15) is 9.90 Å². The smallest absolute Gasteiger partial charge is 0.256 e. The number of hydrogen-bond donors (Lipinski definition) is 1. The SMILES string of the molecule is COc1cccc(C(O)C(=O)N2CCC(C)C2)c1. The molecule has 0 bridgehead atoms. The molecule has 0 spiro atoms. The average Bonchev–Trinajstić information content (AvgIpc) is 2.83. The molecule has 2 unspecified atom stereocenters. The Bertz CT molecular complexity index is 433. The summed E-state index contributed by atoms with van der Waals surface area (Å²) < 4.78 is 5.09. The summed E-state index contributed by atoms with van der Waals surface area (Å²) in [5.74, 6) is 0.952. The third-order valence-corrected chi connectivity index (χ3v) is 3.38. The number of methoxy groups -OCH3 is 1. The second-order valence-corrected chi connectivity index (χ2v) is 4.86. The minimum atomic E-state index is -1.09. The van der Waals surface area contributed by atoms with Crippen LogP contribution in [0.5, 0.6) is 5.75 Å². The lowest BCUT2D eigenvalue weighted by molar-refractivity contribution is -0.139. The van der Waals surface area contributed by atoms with Crippen molar-refractivity contribution < 1.29 is 14.6 Å². The van der Waals surface area contributed by atoms with Crippen molar-refractivity contribution in [3.63, 3.8) is 0 Å². The number of amides is 1. The van der Waals surface area contributed by atoms with Crippen LogP contribution in [0.2, 0.25) is 0 Å². The third kappa shape index (κ3) is 2.64. The zero-order chi connectivity index (χ0) is 13.1. The van der Waals surface area contributed by atoms with E-state index in [1.54, 1.807) is 36.3 Å². The molecule has 1 N–H and O–H groups in total. The molecule has 18 heavy (non-hydrogen) atoms. The summed E-state index contributed by atoms with van der Waals surface area (Å²) in [6.07, 6.45) is -0.0817. The van der Waals surface area contributed by atoms with E-state index < -0.39 is 6.10 Å². The highest BCUT2D eigenvalue weighted by atomic mass is 16.5. The van der Waals surface area contributed by atoms with E-state index >= 15 is 0 Å². The van der Waals surface area contributed by atoms with Crippen molar-refractivity contribution in [1.29, 1.82) is 0 Å². The minimum absolute atomic E-state index is 0.215. The molecule has 1 aromatic carbocycles. The molecule has 1 aliphatic rings. The Morgan fingerprint density at radius 3 is 2.94 bits per heavy atom. The van der Waals surface area contributed by atoms with E-state index in [4.69, 9.17) is 4.74 Å². The van der Waals surface area contributed by atoms with Crippen LogP contribution < -0.4 is 4.74 Å². The number of ether oxygens (including phenoxy) is 1. The molecule has 0 aromatic heterocycles. The number of nitrogens with zero attached hydrogens (tertiary/aromatic N) is 1. The molecular weight excluding hydrogens is 230 g/mol. The summed E-state index contributed by atoms with van der Waals surface area (Å²) in [4.78, 5) is 13.9. The second-order valence-electron chi connectivity index (χ2n) is 4.86. The largest absolute Gasteiger partial charge is 0.497 e. The van der Waals surface area contributed by atoms with Crippen LogP contribution in [0.15, 0.2) is 24.3 Å². The first-order chi connectivity index (χ1) is 8.61. The zero-order valence-corrected chi connectivity index (χ0v) is 10.8. The van der Waals surface area contributed by atoms with Crippen LogP contribution >= 0.6 is 0 Å². The van der Waals surface area contributed by atoms with Crippen LogP contribution in [0.4, 0.5) is 0 Å². The second kappa shape index (κ2) is 5.40. The van der Waals surface area contributed by atoms with Crippen molar-refractivity contribution in [1.82, 2.24) is 4.90 Å². The molecule has 2 atom stereocenters. The predicted octanol–water partition coefficient (Wildman–Crippen LogP) is 1.60. The monoisotopic (exact) mass is 249 g/mol. The Morgan fingerprint density at radius 1 is 1.56 bits per heavy atom.